The second-order valence-electron chi connectivity index (χ2n) is 4.84. The van der Waals surface area contributed by atoms with Crippen LogP contribution in [-0.4, -0.2) is 16.8 Å². The first-order valence-corrected chi connectivity index (χ1v) is 7.89. The van der Waals surface area contributed by atoms with Crippen molar-refractivity contribution in [1.29, 1.82) is 0 Å². The molecular formula is C16H16O5S. The van der Waals surface area contributed by atoms with E-state index in [1.807, 2.05) is 0 Å². The number of hydrogen-bond donors (Lipinski definition) is 0. The fraction of sp³-hybridized carbons (Fsp3) is 0.312. The van der Waals surface area contributed by atoms with Crippen LogP contribution < -0.4 is 10.4 Å². The summed E-state index contributed by atoms with van der Waals surface area (Å²) < 4.78 is 10.2. The molecule has 0 bridgehead atoms. The van der Waals surface area contributed by atoms with Gasteiger partial charge in [-0.1, -0.05) is 13.8 Å². The predicted molar refractivity (Wildman–Crippen MR) is 85.4 cm³/mol. The number of hydrogen-bond acceptors (Lipinski definition) is 6. The highest BCUT2D eigenvalue weighted by Gasteiger charge is 2.14. The Balaban J connectivity index is 1.99. The fourth-order valence-corrected chi connectivity index (χ4v) is 2.59. The maximum absolute atomic E-state index is 11.8. The minimum Gasteiger partial charge on any atom is -0.423 e. The van der Waals surface area contributed by atoms with Crippen molar-refractivity contribution >= 4 is 33.8 Å². The van der Waals surface area contributed by atoms with Gasteiger partial charge in [0.15, 0.2) is 0 Å². The third kappa shape index (κ3) is 4.21. The molecule has 0 fully saturated rings. The maximum atomic E-state index is 11.8. The molecule has 0 aliphatic carbocycles. The van der Waals surface area contributed by atoms with E-state index in [0.29, 0.717) is 23.5 Å². The van der Waals surface area contributed by atoms with E-state index in [-0.39, 0.29) is 11.7 Å². The average Bonchev–Trinajstić information content (AvgIpc) is 2.51. The van der Waals surface area contributed by atoms with Crippen LogP contribution >= 0.6 is 11.8 Å². The summed E-state index contributed by atoms with van der Waals surface area (Å²) in [5.74, 6) is 0.618. The predicted octanol–water partition coefficient (Wildman–Crippen LogP) is 3.64. The molecule has 1 aromatic heterocycles. The number of thioether (sulfide) groups is 1. The van der Waals surface area contributed by atoms with Crippen molar-refractivity contribution in [2.75, 3.05) is 5.75 Å². The Kier molecular flexibility index (Phi) is 5.38. The summed E-state index contributed by atoms with van der Waals surface area (Å²) in [5, 5.41) is 0.252. The molecule has 1 unspecified atom stereocenters. The van der Waals surface area contributed by atoms with Gasteiger partial charge in [0.25, 0.3) is 0 Å². The van der Waals surface area contributed by atoms with Gasteiger partial charge in [-0.05, 0) is 30.0 Å². The molecule has 116 valence electrons. The Hall–Kier alpha value is -2.08. The summed E-state index contributed by atoms with van der Waals surface area (Å²) in [6.45, 7) is 3.58. The van der Waals surface area contributed by atoms with Gasteiger partial charge < -0.3 is 9.15 Å². The molecule has 1 atom stereocenters. The number of carbonyl (C=O) groups excluding carboxylic acids is 2. The first-order valence-electron chi connectivity index (χ1n) is 6.91. The van der Waals surface area contributed by atoms with Gasteiger partial charge in [0, 0.05) is 35.6 Å². The SMILES string of the molecule is CCC(=O)C(C)CSC(=O)Oc1ccc2ccc(=O)oc2c1. The molecule has 0 saturated carbocycles. The number of fused-ring (bicyclic) bond motifs is 1. The van der Waals surface area contributed by atoms with Crippen LogP contribution in [0.15, 0.2) is 39.5 Å². The Morgan fingerprint density at radius 2 is 2.00 bits per heavy atom. The lowest BCUT2D eigenvalue weighted by atomic mass is 10.1. The number of rotatable bonds is 5. The van der Waals surface area contributed by atoms with Crippen LogP contribution in [0.25, 0.3) is 11.0 Å². The van der Waals surface area contributed by atoms with Gasteiger partial charge >= 0.3 is 10.9 Å². The zero-order valence-corrected chi connectivity index (χ0v) is 13.1. The molecule has 2 aromatic rings. The highest BCUT2D eigenvalue weighted by atomic mass is 32.2. The first-order chi connectivity index (χ1) is 10.5. The van der Waals surface area contributed by atoms with E-state index >= 15 is 0 Å². The lowest BCUT2D eigenvalue weighted by molar-refractivity contribution is -0.121. The topological polar surface area (TPSA) is 73.6 Å². The number of ether oxygens (including phenoxy) is 1. The molecule has 22 heavy (non-hydrogen) atoms. The molecule has 6 heteroatoms. The molecule has 0 amide bonds. The van der Waals surface area contributed by atoms with Gasteiger partial charge in [0.05, 0.1) is 0 Å². The molecule has 0 spiro atoms. The van der Waals surface area contributed by atoms with E-state index in [9.17, 15) is 14.4 Å². The summed E-state index contributed by atoms with van der Waals surface area (Å²) in [5.41, 5.74) is -0.102. The number of ketones is 1. The summed E-state index contributed by atoms with van der Waals surface area (Å²) in [6, 6.07) is 7.79. The molecule has 0 N–H and O–H groups in total. The van der Waals surface area contributed by atoms with E-state index in [1.54, 1.807) is 32.0 Å². The first kappa shape index (κ1) is 16.3. The standard InChI is InChI=1S/C16H16O5S/c1-3-13(17)10(2)9-22-16(19)20-12-6-4-11-5-7-15(18)21-14(11)8-12/h4-8,10H,3,9H2,1-2H3. The second kappa shape index (κ2) is 7.26. The second-order valence-corrected chi connectivity index (χ2v) is 5.79. The van der Waals surface area contributed by atoms with Gasteiger partial charge in [-0.2, -0.15) is 0 Å². The number of benzene rings is 1. The smallest absolute Gasteiger partial charge is 0.372 e. The van der Waals surface area contributed by atoms with Crippen molar-refractivity contribution in [3.05, 3.63) is 40.8 Å². The van der Waals surface area contributed by atoms with Crippen LogP contribution in [-0.2, 0) is 4.79 Å². The molecular weight excluding hydrogens is 304 g/mol. The lowest BCUT2D eigenvalue weighted by Crippen LogP contribution is -2.14. The molecule has 0 saturated heterocycles. The summed E-state index contributed by atoms with van der Waals surface area (Å²) in [4.78, 5) is 34.4. The van der Waals surface area contributed by atoms with E-state index in [0.717, 1.165) is 17.1 Å². The van der Waals surface area contributed by atoms with E-state index in [1.165, 1.54) is 12.1 Å². The van der Waals surface area contributed by atoms with Crippen molar-refractivity contribution < 1.29 is 18.7 Å². The molecule has 1 aromatic carbocycles. The van der Waals surface area contributed by atoms with Gasteiger partial charge in [-0.25, -0.2) is 9.59 Å². The zero-order chi connectivity index (χ0) is 16.1. The minimum atomic E-state index is -0.492. The van der Waals surface area contributed by atoms with Gasteiger partial charge in [-0.3, -0.25) is 4.79 Å². The molecule has 1 heterocycles. The summed E-state index contributed by atoms with van der Waals surface area (Å²) >= 11 is 0.957. The van der Waals surface area contributed by atoms with Crippen LogP contribution in [0.5, 0.6) is 5.75 Å². The average molecular weight is 320 g/mol. The lowest BCUT2D eigenvalue weighted by Gasteiger charge is -2.08. The minimum absolute atomic E-state index is 0.118. The van der Waals surface area contributed by atoms with E-state index in [4.69, 9.17) is 9.15 Å². The van der Waals surface area contributed by atoms with Crippen LogP contribution in [0.1, 0.15) is 20.3 Å². The van der Waals surface area contributed by atoms with Crippen LogP contribution in [0.3, 0.4) is 0 Å². The fourth-order valence-electron chi connectivity index (χ4n) is 1.86. The third-order valence-electron chi connectivity index (χ3n) is 3.15. The molecule has 2 rings (SSSR count). The molecule has 0 radical (unpaired) electrons. The molecule has 0 aliphatic heterocycles. The van der Waals surface area contributed by atoms with Crippen LogP contribution in [0.2, 0.25) is 0 Å². The Bertz CT molecular complexity index is 750. The van der Waals surface area contributed by atoms with Gasteiger partial charge in [0.1, 0.15) is 17.1 Å². The highest BCUT2D eigenvalue weighted by molar-refractivity contribution is 8.13. The third-order valence-corrected chi connectivity index (χ3v) is 4.13. The summed E-state index contributed by atoms with van der Waals surface area (Å²) in [6.07, 6.45) is 0.459. The Morgan fingerprint density at radius 3 is 2.73 bits per heavy atom. The largest absolute Gasteiger partial charge is 0.423 e. The quantitative estimate of drug-likeness (QED) is 0.618. The van der Waals surface area contributed by atoms with E-state index in [2.05, 4.69) is 0 Å². The molecule has 0 aliphatic rings. The van der Waals surface area contributed by atoms with E-state index < -0.39 is 10.9 Å². The monoisotopic (exact) mass is 320 g/mol. The van der Waals surface area contributed by atoms with Gasteiger partial charge in [-0.15, -0.1) is 0 Å². The summed E-state index contributed by atoms with van der Waals surface area (Å²) in [7, 11) is 0. The van der Waals surface area contributed by atoms with Crippen LogP contribution in [0, 0.1) is 5.92 Å². The van der Waals surface area contributed by atoms with Crippen molar-refractivity contribution in [3.63, 3.8) is 0 Å². The van der Waals surface area contributed by atoms with Crippen molar-refractivity contribution in [2.45, 2.75) is 20.3 Å². The number of Topliss-reactive ketones (excluding diaryl/α,β-unsaturated/α-hetero) is 1. The number of carbonyl (C=O) groups is 2. The Labute approximate surface area is 131 Å². The Morgan fingerprint density at radius 1 is 1.27 bits per heavy atom. The zero-order valence-electron chi connectivity index (χ0n) is 12.3. The van der Waals surface area contributed by atoms with Crippen LogP contribution in [0.4, 0.5) is 4.79 Å². The highest BCUT2D eigenvalue weighted by Crippen LogP contribution is 2.22. The maximum Gasteiger partial charge on any atom is 0.372 e. The molecule has 5 nitrogen and oxygen atoms in total. The normalized spacial score (nSPS) is 12.1. The van der Waals surface area contributed by atoms with Gasteiger partial charge in [0.2, 0.25) is 0 Å². The van der Waals surface area contributed by atoms with Crippen molar-refractivity contribution in [2.24, 2.45) is 5.92 Å². The van der Waals surface area contributed by atoms with Crippen molar-refractivity contribution in [1.82, 2.24) is 0 Å². The van der Waals surface area contributed by atoms with Crippen molar-refractivity contribution in [3.8, 4) is 5.75 Å².